The van der Waals surface area contributed by atoms with Crippen LogP contribution in [-0.4, -0.2) is 23.7 Å². The van der Waals surface area contributed by atoms with E-state index in [1.807, 2.05) is 26.0 Å². The summed E-state index contributed by atoms with van der Waals surface area (Å²) in [5.41, 5.74) is 1.06. The van der Waals surface area contributed by atoms with Crippen molar-refractivity contribution in [2.45, 2.75) is 20.4 Å². The van der Waals surface area contributed by atoms with Gasteiger partial charge in [0.15, 0.2) is 0 Å². The Hall–Kier alpha value is -1.53. The maximum absolute atomic E-state index is 12.1. The highest BCUT2D eigenvalue weighted by atomic mass is 35.5. The summed E-state index contributed by atoms with van der Waals surface area (Å²) in [5.74, 6) is 0.311. The fraction of sp³-hybridized carbons (Fsp3) is 0.429. The number of alkyl halides is 1. The molecule has 1 aromatic rings. The van der Waals surface area contributed by atoms with Gasteiger partial charge < -0.3 is 4.90 Å². The van der Waals surface area contributed by atoms with Crippen LogP contribution in [0, 0.1) is 16.7 Å². The van der Waals surface area contributed by atoms with Crippen LogP contribution in [0.1, 0.15) is 25.0 Å². The average molecular weight is 265 g/mol. The van der Waals surface area contributed by atoms with Gasteiger partial charge >= 0.3 is 0 Å². The van der Waals surface area contributed by atoms with Gasteiger partial charge in [0.25, 0.3) is 0 Å². The van der Waals surface area contributed by atoms with Gasteiger partial charge in [-0.2, -0.15) is 5.26 Å². The first-order valence-electron chi connectivity index (χ1n) is 5.71. The largest absolute Gasteiger partial charge is 0.341 e. The van der Waals surface area contributed by atoms with Crippen LogP contribution in [0.3, 0.4) is 0 Å². The van der Waals surface area contributed by atoms with Crippen molar-refractivity contribution >= 4 is 17.5 Å². The van der Waals surface area contributed by atoms with E-state index in [9.17, 15) is 4.79 Å². The summed E-state index contributed by atoms with van der Waals surface area (Å²) >= 11 is 5.79. The summed E-state index contributed by atoms with van der Waals surface area (Å²) in [7, 11) is 1.76. The third kappa shape index (κ3) is 3.48. The van der Waals surface area contributed by atoms with Crippen molar-refractivity contribution in [3.8, 4) is 6.07 Å². The predicted octanol–water partition coefficient (Wildman–Crippen LogP) is 2.78. The second-order valence-corrected chi connectivity index (χ2v) is 5.25. The molecule has 96 valence electrons. The van der Waals surface area contributed by atoms with Gasteiger partial charge in [-0.15, -0.1) is 11.6 Å². The first-order valence-corrected chi connectivity index (χ1v) is 6.25. The molecule has 0 heterocycles. The fourth-order valence-corrected chi connectivity index (χ4v) is 1.72. The molecule has 0 bridgehead atoms. The summed E-state index contributed by atoms with van der Waals surface area (Å²) in [5, 5.41) is 8.71. The van der Waals surface area contributed by atoms with Crippen molar-refractivity contribution in [3.05, 3.63) is 35.4 Å². The summed E-state index contributed by atoms with van der Waals surface area (Å²) in [6.07, 6.45) is 0. The van der Waals surface area contributed by atoms with Crippen LogP contribution in [0.2, 0.25) is 0 Å². The van der Waals surface area contributed by atoms with Crippen molar-refractivity contribution in [2.24, 2.45) is 5.41 Å². The molecular weight excluding hydrogens is 248 g/mol. The number of nitriles is 1. The zero-order chi connectivity index (χ0) is 13.8. The Morgan fingerprint density at radius 1 is 1.39 bits per heavy atom. The van der Waals surface area contributed by atoms with Crippen molar-refractivity contribution in [1.29, 1.82) is 5.26 Å². The van der Waals surface area contributed by atoms with Gasteiger partial charge in [-0.3, -0.25) is 4.79 Å². The Balaban J connectivity index is 2.73. The number of carbonyl (C=O) groups is 1. The summed E-state index contributed by atoms with van der Waals surface area (Å²) in [6.45, 7) is 4.18. The first-order chi connectivity index (χ1) is 8.40. The molecule has 0 aromatic heterocycles. The van der Waals surface area contributed by atoms with E-state index < -0.39 is 5.41 Å². The van der Waals surface area contributed by atoms with Crippen LogP contribution in [0.5, 0.6) is 0 Å². The van der Waals surface area contributed by atoms with Crippen LogP contribution < -0.4 is 0 Å². The second kappa shape index (κ2) is 5.88. The van der Waals surface area contributed by atoms with Gasteiger partial charge in [-0.05, 0) is 31.5 Å². The molecule has 4 heteroatoms. The van der Waals surface area contributed by atoms with E-state index in [1.165, 1.54) is 0 Å². The molecule has 0 spiro atoms. The van der Waals surface area contributed by atoms with Crippen LogP contribution >= 0.6 is 11.6 Å². The molecule has 0 aliphatic heterocycles. The van der Waals surface area contributed by atoms with Crippen molar-refractivity contribution in [3.63, 3.8) is 0 Å². The number of rotatable bonds is 4. The lowest BCUT2D eigenvalue weighted by atomic mass is 9.94. The van der Waals surface area contributed by atoms with Gasteiger partial charge in [-0.25, -0.2) is 0 Å². The Kier molecular flexibility index (Phi) is 4.75. The average Bonchev–Trinajstić information content (AvgIpc) is 2.38. The summed E-state index contributed by atoms with van der Waals surface area (Å²) in [6, 6.07) is 9.28. The number of nitrogens with zero attached hydrogens (tertiary/aromatic N) is 2. The molecule has 18 heavy (non-hydrogen) atoms. The zero-order valence-electron chi connectivity index (χ0n) is 10.9. The summed E-state index contributed by atoms with van der Waals surface area (Å²) < 4.78 is 0. The third-order valence-corrected chi connectivity index (χ3v) is 3.43. The highest BCUT2D eigenvalue weighted by Crippen LogP contribution is 2.21. The molecular formula is C14H17ClN2O. The molecule has 0 fully saturated rings. The van der Waals surface area contributed by atoms with E-state index in [0.29, 0.717) is 18.0 Å². The van der Waals surface area contributed by atoms with E-state index in [1.54, 1.807) is 24.1 Å². The number of hydrogen-bond donors (Lipinski definition) is 0. The lowest BCUT2D eigenvalue weighted by Crippen LogP contribution is -2.39. The van der Waals surface area contributed by atoms with Gasteiger partial charge in [0, 0.05) is 19.5 Å². The van der Waals surface area contributed by atoms with Gasteiger partial charge in [0.2, 0.25) is 5.91 Å². The van der Waals surface area contributed by atoms with E-state index in [-0.39, 0.29) is 5.91 Å². The molecule has 3 nitrogen and oxygen atoms in total. The van der Waals surface area contributed by atoms with Gasteiger partial charge in [0.05, 0.1) is 17.0 Å². The SMILES string of the molecule is CN(Cc1ccc(C#N)cc1)C(=O)C(C)(C)CCl. The third-order valence-electron chi connectivity index (χ3n) is 2.76. The van der Waals surface area contributed by atoms with E-state index in [0.717, 1.165) is 5.56 Å². The number of hydrogen-bond acceptors (Lipinski definition) is 2. The maximum Gasteiger partial charge on any atom is 0.229 e. The zero-order valence-corrected chi connectivity index (χ0v) is 11.7. The molecule has 0 unspecified atom stereocenters. The van der Waals surface area contributed by atoms with E-state index in [2.05, 4.69) is 6.07 Å². The van der Waals surface area contributed by atoms with Gasteiger partial charge in [0.1, 0.15) is 0 Å². The Morgan fingerprint density at radius 3 is 2.39 bits per heavy atom. The number of carbonyl (C=O) groups excluding carboxylic acids is 1. The molecule has 0 aliphatic rings. The maximum atomic E-state index is 12.1. The quantitative estimate of drug-likeness (QED) is 0.785. The van der Waals surface area contributed by atoms with Crippen molar-refractivity contribution in [1.82, 2.24) is 4.90 Å². The predicted molar refractivity (Wildman–Crippen MR) is 72.1 cm³/mol. The molecule has 1 aromatic carbocycles. The Bertz CT molecular complexity index is 460. The molecule has 0 N–H and O–H groups in total. The molecule has 1 rings (SSSR count). The van der Waals surface area contributed by atoms with Crippen molar-refractivity contribution in [2.75, 3.05) is 12.9 Å². The highest BCUT2D eigenvalue weighted by Gasteiger charge is 2.29. The molecule has 0 aliphatic carbocycles. The minimum absolute atomic E-state index is 0.0156. The van der Waals surface area contributed by atoms with Crippen LogP contribution in [-0.2, 0) is 11.3 Å². The van der Waals surface area contributed by atoms with Crippen molar-refractivity contribution < 1.29 is 4.79 Å². The molecule has 0 radical (unpaired) electrons. The number of benzene rings is 1. The highest BCUT2D eigenvalue weighted by molar-refractivity contribution is 6.19. The lowest BCUT2D eigenvalue weighted by Gasteiger charge is -2.27. The molecule has 0 atom stereocenters. The van der Waals surface area contributed by atoms with Crippen LogP contribution in [0.25, 0.3) is 0 Å². The number of halogens is 1. The summed E-state index contributed by atoms with van der Waals surface area (Å²) in [4.78, 5) is 13.8. The number of amides is 1. The van der Waals surface area contributed by atoms with Crippen LogP contribution in [0.4, 0.5) is 0 Å². The topological polar surface area (TPSA) is 44.1 Å². The molecule has 1 amide bonds. The fourth-order valence-electron chi connectivity index (χ4n) is 1.60. The van der Waals surface area contributed by atoms with E-state index in [4.69, 9.17) is 16.9 Å². The Morgan fingerprint density at radius 2 is 1.94 bits per heavy atom. The van der Waals surface area contributed by atoms with Gasteiger partial charge in [-0.1, -0.05) is 12.1 Å². The van der Waals surface area contributed by atoms with Crippen LogP contribution in [0.15, 0.2) is 24.3 Å². The normalized spacial score (nSPS) is 10.8. The smallest absolute Gasteiger partial charge is 0.229 e. The lowest BCUT2D eigenvalue weighted by molar-refractivity contribution is -0.138. The minimum Gasteiger partial charge on any atom is -0.341 e. The second-order valence-electron chi connectivity index (χ2n) is 4.99. The minimum atomic E-state index is -0.553. The van der Waals surface area contributed by atoms with E-state index >= 15 is 0 Å². The standard InChI is InChI=1S/C14H17ClN2O/c1-14(2,10-15)13(18)17(3)9-12-6-4-11(8-16)5-7-12/h4-7H,9-10H2,1-3H3. The molecule has 0 saturated heterocycles. The first kappa shape index (κ1) is 14.5. The molecule has 0 saturated carbocycles. The monoisotopic (exact) mass is 264 g/mol. The Labute approximate surface area is 113 Å².